The molecule has 0 spiro atoms. The highest BCUT2D eigenvalue weighted by Crippen LogP contribution is 2.48. The number of thiophene rings is 2. The first-order valence-electron chi connectivity index (χ1n) is 25.8. The minimum atomic E-state index is 1.12. The van der Waals surface area contributed by atoms with Gasteiger partial charge in [0.25, 0.3) is 0 Å². The minimum Gasteiger partial charge on any atom is -0.310 e. The maximum atomic E-state index is 2.41. The van der Waals surface area contributed by atoms with Crippen molar-refractivity contribution >= 4 is 152 Å². The molecule has 356 valence electrons. The molecule has 0 bridgehead atoms. The van der Waals surface area contributed by atoms with Crippen molar-refractivity contribution in [3.05, 3.63) is 267 Å². The monoisotopic (exact) mass is 1000 g/mol. The third kappa shape index (κ3) is 6.61. The fourth-order valence-electron chi connectivity index (χ4n) is 12.2. The van der Waals surface area contributed by atoms with Crippen LogP contribution in [-0.2, 0) is 0 Å². The molecule has 0 saturated carbocycles. The summed E-state index contributed by atoms with van der Waals surface area (Å²) in [5, 5.41) is 12.7. The molecular weight excluding hydrogens is 961 g/mol. The molecule has 76 heavy (non-hydrogen) atoms. The molecule has 0 unspecified atom stereocenters. The molecular formula is C70H44N4S2. The molecule has 0 aliphatic heterocycles. The van der Waals surface area contributed by atoms with Crippen molar-refractivity contribution in [2.45, 2.75) is 0 Å². The standard InChI is InChI=1S/C70H44N4S2/c1-5-17-45(18-6-1)71(49-31-37-63-59(41-49)53-25-13-15-27-61(53)73(63)47-21-9-3-10-22-47)51-29-33-57-67(43-51)75-65-39-35-56-55(69(57)65)36-40-66-70(56)58-34-30-52(44-68(58)76-66)72(46-19-7-2-8-20-46)50-32-38-64-60(42-50)54-26-14-16-28-62(54)74(64)48-23-11-4-12-24-48/h1-44H. The fourth-order valence-corrected chi connectivity index (χ4v) is 14.5. The van der Waals surface area contributed by atoms with Gasteiger partial charge in [-0.05, 0) is 144 Å². The van der Waals surface area contributed by atoms with Crippen LogP contribution >= 0.6 is 22.7 Å². The first kappa shape index (κ1) is 43.0. The van der Waals surface area contributed by atoms with Gasteiger partial charge < -0.3 is 18.9 Å². The van der Waals surface area contributed by atoms with Crippen LogP contribution < -0.4 is 9.80 Å². The number of rotatable bonds is 8. The number of anilines is 6. The zero-order chi connectivity index (χ0) is 49.8. The molecule has 0 amide bonds. The van der Waals surface area contributed by atoms with Gasteiger partial charge in [0.1, 0.15) is 0 Å². The van der Waals surface area contributed by atoms with E-state index in [0.29, 0.717) is 0 Å². The summed E-state index contributed by atoms with van der Waals surface area (Å²) in [6.45, 7) is 0. The Morgan fingerprint density at radius 3 is 1.00 bits per heavy atom. The molecule has 16 aromatic rings. The number of para-hydroxylation sites is 6. The van der Waals surface area contributed by atoms with Gasteiger partial charge in [-0.2, -0.15) is 0 Å². The molecule has 4 heterocycles. The van der Waals surface area contributed by atoms with Gasteiger partial charge in [0.15, 0.2) is 0 Å². The van der Waals surface area contributed by atoms with E-state index >= 15 is 0 Å². The van der Waals surface area contributed by atoms with Gasteiger partial charge in [0.05, 0.1) is 22.1 Å². The predicted octanol–water partition coefficient (Wildman–Crippen LogP) is 20.7. The Labute approximate surface area is 446 Å². The molecule has 0 fully saturated rings. The van der Waals surface area contributed by atoms with Gasteiger partial charge in [-0.15, -0.1) is 22.7 Å². The van der Waals surface area contributed by atoms with E-state index in [-0.39, 0.29) is 0 Å². The molecule has 0 atom stereocenters. The van der Waals surface area contributed by atoms with Crippen molar-refractivity contribution in [1.82, 2.24) is 9.13 Å². The van der Waals surface area contributed by atoms with Gasteiger partial charge >= 0.3 is 0 Å². The average molecular weight is 1010 g/mol. The van der Waals surface area contributed by atoms with E-state index in [4.69, 9.17) is 0 Å². The second kappa shape index (κ2) is 17.0. The number of aromatic nitrogens is 2. The zero-order valence-electron chi connectivity index (χ0n) is 41.0. The molecule has 0 radical (unpaired) electrons. The number of hydrogen-bond acceptors (Lipinski definition) is 4. The van der Waals surface area contributed by atoms with Gasteiger partial charge in [0.2, 0.25) is 0 Å². The van der Waals surface area contributed by atoms with Crippen LogP contribution in [0.4, 0.5) is 34.1 Å². The molecule has 0 saturated heterocycles. The van der Waals surface area contributed by atoms with Crippen LogP contribution in [-0.4, -0.2) is 9.13 Å². The van der Waals surface area contributed by atoms with Crippen LogP contribution in [0.5, 0.6) is 0 Å². The highest BCUT2D eigenvalue weighted by Gasteiger charge is 2.22. The Kier molecular flexibility index (Phi) is 9.64. The van der Waals surface area contributed by atoms with Crippen LogP contribution in [0.2, 0.25) is 0 Å². The third-order valence-corrected chi connectivity index (χ3v) is 17.7. The molecule has 16 rings (SSSR count). The second-order valence-corrected chi connectivity index (χ2v) is 21.8. The largest absolute Gasteiger partial charge is 0.310 e. The Morgan fingerprint density at radius 2 is 0.566 bits per heavy atom. The van der Waals surface area contributed by atoms with Gasteiger partial charge in [-0.1, -0.05) is 133 Å². The Balaban J connectivity index is 0.812. The number of benzene rings is 12. The van der Waals surface area contributed by atoms with E-state index in [1.807, 2.05) is 22.7 Å². The third-order valence-electron chi connectivity index (χ3n) is 15.4. The van der Waals surface area contributed by atoms with Gasteiger partial charge in [0, 0.05) is 107 Å². The van der Waals surface area contributed by atoms with Crippen LogP contribution in [0.15, 0.2) is 267 Å². The topological polar surface area (TPSA) is 16.3 Å². The highest BCUT2D eigenvalue weighted by atomic mass is 32.1. The predicted molar refractivity (Wildman–Crippen MR) is 328 cm³/mol. The molecule has 12 aromatic carbocycles. The lowest BCUT2D eigenvalue weighted by Crippen LogP contribution is -2.09. The molecule has 0 aliphatic carbocycles. The van der Waals surface area contributed by atoms with E-state index < -0.39 is 0 Å². The Hall–Kier alpha value is -9.46. The van der Waals surface area contributed by atoms with Crippen molar-refractivity contribution in [2.75, 3.05) is 9.80 Å². The van der Waals surface area contributed by atoms with E-state index in [1.165, 1.54) is 94.7 Å². The average Bonchev–Trinajstić information content (AvgIpc) is 4.27. The van der Waals surface area contributed by atoms with E-state index in [9.17, 15) is 0 Å². The van der Waals surface area contributed by atoms with Crippen LogP contribution in [0.25, 0.3) is 106 Å². The maximum absolute atomic E-state index is 2.41. The lowest BCUT2D eigenvalue weighted by atomic mass is 9.99. The first-order valence-corrected chi connectivity index (χ1v) is 27.5. The number of fused-ring (bicyclic) bond motifs is 15. The fraction of sp³-hybridized carbons (Fsp3) is 0. The Bertz CT molecular complexity index is 4620. The molecule has 4 nitrogen and oxygen atoms in total. The van der Waals surface area contributed by atoms with Crippen molar-refractivity contribution in [2.24, 2.45) is 0 Å². The van der Waals surface area contributed by atoms with E-state index in [1.54, 1.807) is 0 Å². The zero-order valence-corrected chi connectivity index (χ0v) is 42.6. The van der Waals surface area contributed by atoms with Gasteiger partial charge in [-0.3, -0.25) is 0 Å². The van der Waals surface area contributed by atoms with Crippen LogP contribution in [0.3, 0.4) is 0 Å². The van der Waals surface area contributed by atoms with Crippen molar-refractivity contribution in [1.29, 1.82) is 0 Å². The quantitative estimate of drug-likeness (QED) is 0.151. The van der Waals surface area contributed by atoms with Crippen LogP contribution in [0.1, 0.15) is 0 Å². The summed E-state index contributed by atoms with van der Waals surface area (Å²) in [6, 6.07) is 97.9. The van der Waals surface area contributed by atoms with Crippen molar-refractivity contribution in [3.63, 3.8) is 0 Å². The minimum absolute atomic E-state index is 1.12. The summed E-state index contributed by atoms with van der Waals surface area (Å²) in [6.07, 6.45) is 0. The van der Waals surface area contributed by atoms with Crippen LogP contribution in [0, 0.1) is 0 Å². The lowest BCUT2D eigenvalue weighted by molar-refractivity contribution is 1.18. The number of hydrogen-bond donors (Lipinski definition) is 0. The molecule has 0 aliphatic rings. The highest BCUT2D eigenvalue weighted by molar-refractivity contribution is 7.26. The SMILES string of the molecule is c1ccc(N(c2ccc3c(c2)sc2ccc4c(ccc5sc6cc(N(c7ccccc7)c7ccc8c(c7)c7ccccc7n8-c7ccccc7)ccc6c54)c23)c2ccc3c(c2)c2ccccc2n3-c2ccccc2)cc1. The maximum Gasteiger partial charge on any atom is 0.0542 e. The van der Waals surface area contributed by atoms with E-state index in [0.717, 1.165) is 45.5 Å². The normalized spacial score (nSPS) is 11.9. The summed E-state index contributed by atoms with van der Waals surface area (Å²) in [7, 11) is 0. The molecule has 6 heteroatoms. The van der Waals surface area contributed by atoms with E-state index in [2.05, 4.69) is 286 Å². The summed E-state index contributed by atoms with van der Waals surface area (Å²) in [4.78, 5) is 4.82. The summed E-state index contributed by atoms with van der Waals surface area (Å²) < 4.78 is 9.90. The van der Waals surface area contributed by atoms with Crippen molar-refractivity contribution < 1.29 is 0 Å². The second-order valence-electron chi connectivity index (χ2n) is 19.7. The van der Waals surface area contributed by atoms with Crippen molar-refractivity contribution in [3.8, 4) is 11.4 Å². The summed E-state index contributed by atoms with van der Waals surface area (Å²) in [5.41, 5.74) is 13.8. The smallest absolute Gasteiger partial charge is 0.0542 e. The lowest BCUT2D eigenvalue weighted by Gasteiger charge is -2.26. The molecule has 4 aromatic heterocycles. The first-order chi connectivity index (χ1) is 37.7. The number of nitrogens with zero attached hydrogens (tertiary/aromatic N) is 4. The summed E-state index contributed by atoms with van der Waals surface area (Å²) in [5.74, 6) is 0. The van der Waals surface area contributed by atoms with Gasteiger partial charge in [-0.25, -0.2) is 0 Å². The molecule has 0 N–H and O–H groups in total. The summed E-state index contributed by atoms with van der Waals surface area (Å²) >= 11 is 3.77. The Morgan fingerprint density at radius 1 is 0.224 bits per heavy atom.